The molecule has 3 aliphatic rings. The van der Waals surface area contributed by atoms with E-state index in [2.05, 4.69) is 0 Å². The highest BCUT2D eigenvalue weighted by Crippen LogP contribution is 2.71. The second kappa shape index (κ2) is 2.08. The molecule has 0 bridgehead atoms. The number of hydrogen-bond acceptors (Lipinski definition) is 4. The highest BCUT2D eigenvalue weighted by molar-refractivity contribution is 8.03. The molecular formula is C10H10O3S. The fourth-order valence-electron chi connectivity index (χ4n) is 2.91. The number of fused-ring (bicyclic) bond motifs is 4. The van der Waals surface area contributed by atoms with Crippen molar-refractivity contribution >= 4 is 23.7 Å². The van der Waals surface area contributed by atoms with Gasteiger partial charge in [0.05, 0.1) is 10.8 Å². The summed E-state index contributed by atoms with van der Waals surface area (Å²) in [6.07, 6.45) is 2.02. The Morgan fingerprint density at radius 1 is 1.29 bits per heavy atom. The molecule has 4 heteroatoms. The number of esters is 2. The van der Waals surface area contributed by atoms with Gasteiger partial charge in [-0.3, -0.25) is 9.59 Å². The number of allylic oxidation sites excluding steroid dienone is 1. The molecule has 0 radical (unpaired) electrons. The Balaban J connectivity index is 2.16. The first-order valence-electron chi connectivity index (χ1n) is 4.62. The van der Waals surface area contributed by atoms with Crippen molar-refractivity contribution in [1.29, 1.82) is 0 Å². The van der Waals surface area contributed by atoms with Crippen LogP contribution in [0.1, 0.15) is 13.8 Å². The highest BCUT2D eigenvalue weighted by Gasteiger charge is 2.79. The molecule has 1 saturated carbocycles. The van der Waals surface area contributed by atoms with Crippen molar-refractivity contribution < 1.29 is 14.3 Å². The fourth-order valence-corrected chi connectivity index (χ4v) is 4.48. The Morgan fingerprint density at radius 2 is 1.93 bits per heavy atom. The van der Waals surface area contributed by atoms with E-state index in [4.69, 9.17) is 4.74 Å². The SMILES string of the molecule is C[C@]12C(=O)OC(=O)[C@]1(C)[C@H]1SC=C[C@@H]12. The molecule has 0 aromatic carbocycles. The monoisotopic (exact) mass is 210 g/mol. The lowest BCUT2D eigenvalue weighted by atomic mass is 9.46. The van der Waals surface area contributed by atoms with Crippen LogP contribution in [0.5, 0.6) is 0 Å². The summed E-state index contributed by atoms with van der Waals surface area (Å²) >= 11 is 1.64. The van der Waals surface area contributed by atoms with Gasteiger partial charge in [-0.2, -0.15) is 0 Å². The van der Waals surface area contributed by atoms with Crippen LogP contribution in [0.2, 0.25) is 0 Å². The number of hydrogen-bond donors (Lipinski definition) is 0. The van der Waals surface area contributed by atoms with Gasteiger partial charge in [0, 0.05) is 11.2 Å². The zero-order valence-corrected chi connectivity index (χ0v) is 8.76. The van der Waals surface area contributed by atoms with Crippen molar-refractivity contribution in [3.05, 3.63) is 11.5 Å². The van der Waals surface area contributed by atoms with E-state index < -0.39 is 10.8 Å². The maximum absolute atomic E-state index is 11.6. The number of rotatable bonds is 0. The van der Waals surface area contributed by atoms with Crippen LogP contribution in [-0.2, 0) is 14.3 Å². The first kappa shape index (κ1) is 8.53. The van der Waals surface area contributed by atoms with E-state index in [1.54, 1.807) is 11.8 Å². The van der Waals surface area contributed by atoms with Gasteiger partial charge in [0.2, 0.25) is 0 Å². The summed E-state index contributed by atoms with van der Waals surface area (Å²) in [6, 6.07) is 0. The summed E-state index contributed by atoms with van der Waals surface area (Å²) in [6.45, 7) is 3.69. The predicted molar refractivity (Wildman–Crippen MR) is 51.3 cm³/mol. The van der Waals surface area contributed by atoms with Gasteiger partial charge < -0.3 is 4.74 Å². The molecule has 74 valence electrons. The van der Waals surface area contributed by atoms with E-state index >= 15 is 0 Å². The Labute approximate surface area is 85.9 Å². The second-order valence-electron chi connectivity index (χ2n) is 4.49. The van der Waals surface area contributed by atoms with Gasteiger partial charge in [-0.25, -0.2) is 0 Å². The summed E-state index contributed by atoms with van der Waals surface area (Å²) in [7, 11) is 0. The molecule has 2 aliphatic heterocycles. The molecule has 0 N–H and O–H groups in total. The zero-order chi connectivity index (χ0) is 10.1. The molecule has 4 atom stereocenters. The topological polar surface area (TPSA) is 43.4 Å². The van der Waals surface area contributed by atoms with Crippen LogP contribution >= 0.6 is 11.8 Å². The molecule has 0 spiro atoms. The van der Waals surface area contributed by atoms with Gasteiger partial charge in [0.1, 0.15) is 0 Å². The largest absolute Gasteiger partial charge is 0.392 e. The van der Waals surface area contributed by atoms with Crippen molar-refractivity contribution in [3.63, 3.8) is 0 Å². The van der Waals surface area contributed by atoms with Gasteiger partial charge >= 0.3 is 11.9 Å². The van der Waals surface area contributed by atoms with E-state index in [0.29, 0.717) is 0 Å². The Morgan fingerprint density at radius 3 is 2.64 bits per heavy atom. The fraction of sp³-hybridized carbons (Fsp3) is 0.600. The molecule has 1 aliphatic carbocycles. The minimum atomic E-state index is -0.616. The van der Waals surface area contributed by atoms with Crippen molar-refractivity contribution in [3.8, 4) is 0 Å². The van der Waals surface area contributed by atoms with Crippen LogP contribution in [0, 0.1) is 16.7 Å². The molecule has 2 heterocycles. The minimum Gasteiger partial charge on any atom is -0.392 e. The van der Waals surface area contributed by atoms with Crippen LogP contribution in [-0.4, -0.2) is 17.2 Å². The van der Waals surface area contributed by atoms with Crippen molar-refractivity contribution in [1.82, 2.24) is 0 Å². The molecule has 3 nitrogen and oxygen atoms in total. The van der Waals surface area contributed by atoms with Gasteiger partial charge in [-0.05, 0) is 19.3 Å². The normalized spacial score (nSPS) is 53.9. The average molecular weight is 210 g/mol. The molecular weight excluding hydrogens is 200 g/mol. The molecule has 0 aromatic heterocycles. The highest BCUT2D eigenvalue weighted by atomic mass is 32.2. The molecule has 2 fully saturated rings. The predicted octanol–water partition coefficient (Wildman–Crippen LogP) is 1.34. The molecule has 3 rings (SSSR count). The molecule has 0 unspecified atom stereocenters. The first-order chi connectivity index (χ1) is 6.53. The summed E-state index contributed by atoms with van der Waals surface area (Å²) < 4.78 is 4.77. The Hall–Kier alpha value is -0.770. The van der Waals surface area contributed by atoms with E-state index in [0.717, 1.165) is 0 Å². The van der Waals surface area contributed by atoms with Gasteiger partial charge in [-0.1, -0.05) is 6.08 Å². The Kier molecular flexibility index (Phi) is 1.27. The van der Waals surface area contributed by atoms with E-state index in [1.807, 2.05) is 25.3 Å². The van der Waals surface area contributed by atoms with E-state index in [9.17, 15) is 9.59 Å². The number of carbonyl (C=O) groups is 2. The van der Waals surface area contributed by atoms with Crippen LogP contribution in [0.3, 0.4) is 0 Å². The van der Waals surface area contributed by atoms with E-state index in [-0.39, 0.29) is 23.1 Å². The zero-order valence-electron chi connectivity index (χ0n) is 7.94. The smallest absolute Gasteiger partial charge is 0.321 e. The Bertz CT molecular complexity index is 389. The first-order valence-corrected chi connectivity index (χ1v) is 5.56. The van der Waals surface area contributed by atoms with Crippen LogP contribution in [0.15, 0.2) is 11.5 Å². The summed E-state index contributed by atoms with van der Waals surface area (Å²) in [5, 5.41) is 2.19. The third-order valence-electron chi connectivity index (χ3n) is 4.19. The second-order valence-corrected chi connectivity index (χ2v) is 5.54. The van der Waals surface area contributed by atoms with Crippen molar-refractivity contribution in [2.75, 3.05) is 0 Å². The van der Waals surface area contributed by atoms with Crippen LogP contribution < -0.4 is 0 Å². The lowest BCUT2D eigenvalue weighted by Crippen LogP contribution is -2.64. The molecule has 14 heavy (non-hydrogen) atoms. The molecule has 0 aromatic rings. The standard InChI is InChI=1S/C10H10O3S/c1-9-5-3-4-14-6(5)10(9,2)8(12)13-7(9)11/h3-6H,1-2H3/t5-,6-,9-,10-/m0/s1. The van der Waals surface area contributed by atoms with Gasteiger partial charge in [-0.15, -0.1) is 11.8 Å². The number of cyclic esters (lactones) is 2. The third kappa shape index (κ3) is 0.550. The van der Waals surface area contributed by atoms with Gasteiger partial charge in [0.15, 0.2) is 0 Å². The number of ether oxygens (including phenoxy) is 1. The summed E-state index contributed by atoms with van der Waals surface area (Å²) in [5.74, 6) is -0.516. The third-order valence-corrected chi connectivity index (χ3v) is 5.56. The lowest BCUT2D eigenvalue weighted by Gasteiger charge is -2.55. The summed E-state index contributed by atoms with van der Waals surface area (Å²) in [5.41, 5.74) is -1.22. The molecule has 0 amide bonds. The number of thioether (sulfide) groups is 1. The van der Waals surface area contributed by atoms with E-state index in [1.165, 1.54) is 0 Å². The van der Waals surface area contributed by atoms with Crippen molar-refractivity contribution in [2.24, 2.45) is 16.7 Å². The maximum Gasteiger partial charge on any atom is 0.321 e. The van der Waals surface area contributed by atoms with Crippen LogP contribution in [0.4, 0.5) is 0 Å². The average Bonchev–Trinajstić information content (AvgIpc) is 2.65. The minimum absolute atomic E-state index is 0.177. The van der Waals surface area contributed by atoms with Crippen LogP contribution in [0.25, 0.3) is 0 Å². The number of carbonyl (C=O) groups excluding carboxylic acids is 2. The van der Waals surface area contributed by atoms with Gasteiger partial charge in [0.25, 0.3) is 0 Å². The molecule has 1 saturated heterocycles. The maximum atomic E-state index is 11.6. The van der Waals surface area contributed by atoms with Crippen molar-refractivity contribution in [2.45, 2.75) is 19.1 Å². The lowest BCUT2D eigenvalue weighted by molar-refractivity contribution is -0.155. The summed E-state index contributed by atoms with van der Waals surface area (Å²) in [4.78, 5) is 23.3. The quantitative estimate of drug-likeness (QED) is 0.447.